The number of aliphatic hydroxyl groups is 1. The molecule has 27 heavy (non-hydrogen) atoms. The summed E-state index contributed by atoms with van der Waals surface area (Å²) in [6.45, 7) is 1.77. The van der Waals surface area contributed by atoms with Gasteiger partial charge in [-0.1, -0.05) is 6.07 Å². The Morgan fingerprint density at radius 2 is 2.00 bits per heavy atom. The second-order valence-corrected chi connectivity index (χ2v) is 6.52. The zero-order valence-corrected chi connectivity index (χ0v) is 14.8. The molecule has 7 N–H and O–H groups in total. The number of carbonyl (C=O) groups is 2. The first kappa shape index (κ1) is 21.0. The van der Waals surface area contributed by atoms with Gasteiger partial charge in [0.15, 0.2) is 0 Å². The third-order valence-electron chi connectivity index (χ3n) is 4.37. The van der Waals surface area contributed by atoms with Crippen LogP contribution in [0.5, 0.6) is 11.5 Å². The van der Waals surface area contributed by atoms with Gasteiger partial charge in [-0.05, 0) is 31.3 Å². The highest BCUT2D eigenvalue weighted by molar-refractivity contribution is 6.41. The molecule has 1 heterocycles. The number of carbonyl (C=O) groups excluding carboxylic acids is 1. The summed E-state index contributed by atoms with van der Waals surface area (Å²) in [6.07, 6.45) is -1.45. The Morgan fingerprint density at radius 3 is 2.52 bits per heavy atom. The average Bonchev–Trinajstić information content (AvgIpc) is 2.54. The molecule has 10 nitrogen and oxygen atoms in total. The van der Waals surface area contributed by atoms with Crippen LogP contribution in [0, 0.1) is 0 Å². The lowest BCUT2D eigenvalue weighted by molar-refractivity contribution is -0.143. The molecule has 0 unspecified atom stereocenters. The Labute approximate surface area is 155 Å². The summed E-state index contributed by atoms with van der Waals surface area (Å²) in [7, 11) is -1.57. The van der Waals surface area contributed by atoms with Gasteiger partial charge in [0, 0.05) is 0 Å². The second-order valence-electron chi connectivity index (χ2n) is 6.52. The molecule has 0 bridgehead atoms. The fourth-order valence-corrected chi connectivity index (χ4v) is 2.70. The highest BCUT2D eigenvalue weighted by atomic mass is 16.5. The van der Waals surface area contributed by atoms with Gasteiger partial charge in [0.1, 0.15) is 29.2 Å². The maximum atomic E-state index is 12.0. The molecule has 0 spiro atoms. The summed E-state index contributed by atoms with van der Waals surface area (Å²) in [4.78, 5) is 24.9. The molecule has 0 aliphatic carbocycles. The minimum Gasteiger partial charge on any atom is -0.507 e. The van der Waals surface area contributed by atoms with E-state index in [9.17, 15) is 24.9 Å². The van der Waals surface area contributed by atoms with Crippen LogP contribution in [0.4, 0.5) is 0 Å². The zero-order valence-electron chi connectivity index (χ0n) is 14.8. The maximum absolute atomic E-state index is 12.0. The number of hydrogen-bond donors (Lipinski definition) is 6. The number of carboxylic acids is 1. The zero-order chi connectivity index (χ0) is 20.3. The number of benzene rings is 1. The quantitative estimate of drug-likeness (QED) is 0.290. The van der Waals surface area contributed by atoms with Crippen molar-refractivity contribution in [1.29, 1.82) is 0 Å². The van der Waals surface area contributed by atoms with Gasteiger partial charge in [0.05, 0.1) is 19.2 Å². The minimum absolute atomic E-state index is 0.0507. The third kappa shape index (κ3) is 4.89. The number of aromatic hydroxyl groups is 1. The predicted molar refractivity (Wildman–Crippen MR) is 94.4 cm³/mol. The number of carboxylic acid groups (broad SMARTS) is 1. The maximum Gasteiger partial charge on any atom is 0.451 e. The van der Waals surface area contributed by atoms with Crippen molar-refractivity contribution in [3.8, 4) is 11.5 Å². The number of nitrogens with zero attached hydrogens (tertiary/aromatic N) is 1. The van der Waals surface area contributed by atoms with Crippen LogP contribution >= 0.6 is 0 Å². The van der Waals surface area contributed by atoms with Crippen molar-refractivity contribution in [3.05, 3.63) is 23.3 Å². The molecule has 1 fully saturated rings. The molecule has 1 aromatic rings. The number of hydrogen-bond acceptors (Lipinski definition) is 8. The van der Waals surface area contributed by atoms with E-state index in [0.29, 0.717) is 0 Å². The Balaban J connectivity index is 2.06. The molecule has 1 aromatic carbocycles. The van der Waals surface area contributed by atoms with Crippen LogP contribution < -0.4 is 10.5 Å². The standard InChI is InChI=1S/C16H23BN2O8/c1-8(20)13(18)15(22)19-6-10(7-19)27-11-3-2-9(4-5-17(25)26)14(21)12(11)16(23)24/h2-3,8,10,13,20-21,25-26H,4-7,18H2,1H3,(H,23,24)/t8-,13+/m1/s1. The topological polar surface area (TPSA) is 174 Å². The minimum atomic E-state index is -1.57. The fourth-order valence-electron chi connectivity index (χ4n) is 2.70. The van der Waals surface area contributed by atoms with E-state index in [1.807, 2.05) is 0 Å². The normalized spacial score (nSPS) is 16.4. The predicted octanol–water partition coefficient (Wildman–Crippen LogP) is -1.60. The van der Waals surface area contributed by atoms with Gasteiger partial charge in [-0.2, -0.15) is 0 Å². The van der Waals surface area contributed by atoms with Crippen LogP contribution in [-0.2, 0) is 11.2 Å². The van der Waals surface area contributed by atoms with Crippen molar-refractivity contribution < 1.29 is 39.7 Å². The van der Waals surface area contributed by atoms with Crippen molar-refractivity contribution >= 4 is 19.0 Å². The molecule has 0 saturated carbocycles. The molecule has 2 atom stereocenters. The Kier molecular flexibility index (Phi) is 6.66. The van der Waals surface area contributed by atoms with Crippen LogP contribution in [0.25, 0.3) is 0 Å². The number of aromatic carboxylic acids is 1. The van der Waals surface area contributed by atoms with E-state index in [0.717, 1.165) is 0 Å². The van der Waals surface area contributed by atoms with E-state index < -0.39 is 48.6 Å². The van der Waals surface area contributed by atoms with Crippen LogP contribution in [-0.4, -0.2) is 80.6 Å². The van der Waals surface area contributed by atoms with Crippen molar-refractivity contribution in [3.63, 3.8) is 0 Å². The Morgan fingerprint density at radius 1 is 1.37 bits per heavy atom. The van der Waals surface area contributed by atoms with E-state index in [1.54, 1.807) is 0 Å². The number of amides is 1. The van der Waals surface area contributed by atoms with Gasteiger partial charge < -0.3 is 40.7 Å². The highest BCUT2D eigenvalue weighted by Gasteiger charge is 2.37. The highest BCUT2D eigenvalue weighted by Crippen LogP contribution is 2.34. The molecular weight excluding hydrogens is 359 g/mol. The Hall–Kier alpha value is -2.34. The third-order valence-corrected chi connectivity index (χ3v) is 4.37. The molecule has 1 aliphatic heterocycles. The summed E-state index contributed by atoms with van der Waals surface area (Å²) >= 11 is 0. The summed E-state index contributed by atoms with van der Waals surface area (Å²) in [5.74, 6) is -2.37. The summed E-state index contributed by atoms with van der Waals surface area (Å²) in [5.41, 5.74) is 5.42. The SMILES string of the molecule is C[C@@H](O)[C@H](N)C(=O)N1CC(Oc2ccc(CCB(O)O)c(O)c2C(=O)O)C1. The van der Waals surface area contributed by atoms with E-state index in [-0.39, 0.29) is 37.1 Å². The lowest BCUT2D eigenvalue weighted by atomic mass is 9.82. The summed E-state index contributed by atoms with van der Waals surface area (Å²) < 4.78 is 5.59. The van der Waals surface area contributed by atoms with E-state index in [4.69, 9.17) is 20.5 Å². The second kappa shape index (κ2) is 8.57. The molecule has 0 radical (unpaired) electrons. The van der Waals surface area contributed by atoms with Gasteiger partial charge in [-0.3, -0.25) is 4.79 Å². The van der Waals surface area contributed by atoms with Crippen molar-refractivity contribution in [1.82, 2.24) is 4.90 Å². The van der Waals surface area contributed by atoms with E-state index in [2.05, 4.69) is 0 Å². The first-order valence-corrected chi connectivity index (χ1v) is 8.45. The van der Waals surface area contributed by atoms with E-state index in [1.165, 1.54) is 24.0 Å². The summed E-state index contributed by atoms with van der Waals surface area (Å²) in [5, 5.41) is 46.8. The molecule has 0 aromatic heterocycles. The monoisotopic (exact) mass is 382 g/mol. The number of rotatable bonds is 8. The van der Waals surface area contributed by atoms with Gasteiger partial charge >= 0.3 is 13.1 Å². The van der Waals surface area contributed by atoms with Crippen LogP contribution in [0.3, 0.4) is 0 Å². The fraction of sp³-hybridized carbons (Fsp3) is 0.500. The van der Waals surface area contributed by atoms with E-state index >= 15 is 0 Å². The number of phenols is 1. The molecule has 148 valence electrons. The number of nitrogens with two attached hydrogens (primary N) is 1. The van der Waals surface area contributed by atoms with Gasteiger partial charge in [0.2, 0.25) is 5.91 Å². The molecule has 11 heteroatoms. The first-order valence-electron chi connectivity index (χ1n) is 8.45. The van der Waals surface area contributed by atoms with Crippen LogP contribution in [0.15, 0.2) is 12.1 Å². The van der Waals surface area contributed by atoms with Gasteiger partial charge in [-0.15, -0.1) is 0 Å². The number of aliphatic hydroxyl groups excluding tert-OH is 1. The molecule has 2 rings (SSSR count). The molecular formula is C16H23BN2O8. The number of likely N-dealkylation sites (tertiary alicyclic amines) is 1. The van der Waals surface area contributed by atoms with Crippen molar-refractivity contribution in [2.45, 2.75) is 37.9 Å². The first-order chi connectivity index (χ1) is 12.6. The lowest BCUT2D eigenvalue weighted by Crippen LogP contribution is -2.61. The van der Waals surface area contributed by atoms with Crippen molar-refractivity contribution in [2.75, 3.05) is 13.1 Å². The van der Waals surface area contributed by atoms with Gasteiger partial charge in [0.25, 0.3) is 0 Å². The molecule has 1 amide bonds. The van der Waals surface area contributed by atoms with Crippen molar-refractivity contribution in [2.24, 2.45) is 5.73 Å². The van der Waals surface area contributed by atoms with Crippen LogP contribution in [0.2, 0.25) is 6.32 Å². The van der Waals surface area contributed by atoms with Crippen LogP contribution in [0.1, 0.15) is 22.8 Å². The largest absolute Gasteiger partial charge is 0.507 e. The van der Waals surface area contributed by atoms with Gasteiger partial charge in [-0.25, -0.2) is 4.79 Å². The molecule has 1 aliphatic rings. The lowest BCUT2D eigenvalue weighted by Gasteiger charge is -2.40. The Bertz CT molecular complexity index is 706. The number of aryl methyl sites for hydroxylation is 1. The summed E-state index contributed by atoms with van der Waals surface area (Å²) in [6, 6.07) is 1.80. The molecule has 1 saturated heterocycles. The smallest absolute Gasteiger partial charge is 0.451 e. The average molecular weight is 382 g/mol. The number of ether oxygens (including phenoxy) is 1.